The second-order valence-electron chi connectivity index (χ2n) is 7.86. The number of aromatic nitrogens is 2. The smallest absolute Gasteiger partial charge is 0.321 e. The first-order chi connectivity index (χ1) is 13.9. The van der Waals surface area contributed by atoms with Crippen LogP contribution in [0.25, 0.3) is 10.9 Å². The molecule has 2 aromatic rings. The minimum atomic E-state index is -0.456. The molecular formula is C21H28N4O3S. The third-order valence-electron chi connectivity index (χ3n) is 5.31. The van der Waals surface area contributed by atoms with Gasteiger partial charge in [0, 0.05) is 12.1 Å². The molecule has 29 heavy (non-hydrogen) atoms. The molecule has 1 aliphatic carbocycles. The molecule has 3 amide bonds. The first-order valence-corrected chi connectivity index (χ1v) is 11.1. The zero-order valence-corrected chi connectivity index (χ0v) is 17.9. The summed E-state index contributed by atoms with van der Waals surface area (Å²) in [6, 6.07) is 6.72. The zero-order chi connectivity index (χ0) is 21.0. The maximum Gasteiger partial charge on any atom is 0.321 e. The SMILES string of the molecule is CC(C)n1c(SCC(=O)NC(=O)N[C@@H]2CCCC[C@H]2C)nc2ccccc2c1=O. The van der Waals surface area contributed by atoms with Crippen molar-refractivity contribution in [1.29, 1.82) is 0 Å². The number of nitrogens with one attached hydrogen (secondary N) is 2. The number of thioether (sulfide) groups is 1. The van der Waals surface area contributed by atoms with E-state index in [2.05, 4.69) is 22.5 Å². The number of amides is 3. The van der Waals surface area contributed by atoms with E-state index in [0.717, 1.165) is 31.0 Å². The van der Waals surface area contributed by atoms with E-state index in [4.69, 9.17) is 0 Å². The average Bonchev–Trinajstić information content (AvgIpc) is 2.68. The molecule has 1 heterocycles. The molecule has 1 aliphatic rings. The second kappa shape index (κ2) is 9.43. The Morgan fingerprint density at radius 2 is 1.97 bits per heavy atom. The van der Waals surface area contributed by atoms with Gasteiger partial charge in [0.15, 0.2) is 5.16 Å². The summed E-state index contributed by atoms with van der Waals surface area (Å²) >= 11 is 1.16. The maximum atomic E-state index is 12.8. The van der Waals surface area contributed by atoms with Crippen molar-refractivity contribution in [2.75, 3.05) is 5.75 Å². The number of benzene rings is 1. The molecule has 1 aromatic carbocycles. The molecule has 0 radical (unpaired) electrons. The lowest BCUT2D eigenvalue weighted by Gasteiger charge is -2.29. The number of rotatable bonds is 5. The van der Waals surface area contributed by atoms with Crippen molar-refractivity contribution >= 4 is 34.6 Å². The molecule has 7 nitrogen and oxygen atoms in total. The molecule has 2 N–H and O–H groups in total. The molecule has 2 atom stereocenters. The number of imide groups is 1. The molecule has 1 fully saturated rings. The van der Waals surface area contributed by atoms with E-state index in [1.165, 1.54) is 6.42 Å². The summed E-state index contributed by atoms with van der Waals surface area (Å²) in [5.41, 5.74) is 0.471. The van der Waals surface area contributed by atoms with Crippen molar-refractivity contribution in [3.8, 4) is 0 Å². The molecule has 0 spiro atoms. The number of carbonyl (C=O) groups excluding carboxylic acids is 2. The van der Waals surface area contributed by atoms with Crippen molar-refractivity contribution in [2.24, 2.45) is 5.92 Å². The van der Waals surface area contributed by atoms with Crippen LogP contribution in [0.15, 0.2) is 34.2 Å². The van der Waals surface area contributed by atoms with Crippen molar-refractivity contribution in [3.63, 3.8) is 0 Å². The van der Waals surface area contributed by atoms with Crippen LogP contribution in [0.1, 0.15) is 52.5 Å². The highest BCUT2D eigenvalue weighted by Gasteiger charge is 2.23. The summed E-state index contributed by atoms with van der Waals surface area (Å²) in [5.74, 6) is 0.0143. The predicted molar refractivity (Wildman–Crippen MR) is 115 cm³/mol. The minimum absolute atomic E-state index is 0.00510. The Hall–Kier alpha value is -2.35. The number of hydrogen-bond acceptors (Lipinski definition) is 5. The third-order valence-corrected chi connectivity index (χ3v) is 6.26. The van der Waals surface area contributed by atoms with Gasteiger partial charge in [-0.3, -0.25) is 19.5 Å². The van der Waals surface area contributed by atoms with Crippen LogP contribution in [0, 0.1) is 5.92 Å². The van der Waals surface area contributed by atoms with Crippen molar-refractivity contribution < 1.29 is 9.59 Å². The van der Waals surface area contributed by atoms with E-state index in [0.29, 0.717) is 22.0 Å². The Kier molecular flexibility index (Phi) is 6.95. The second-order valence-corrected chi connectivity index (χ2v) is 8.80. The minimum Gasteiger partial charge on any atom is -0.335 e. The molecule has 3 rings (SSSR count). The highest BCUT2D eigenvalue weighted by atomic mass is 32.2. The molecular weight excluding hydrogens is 388 g/mol. The van der Waals surface area contributed by atoms with Gasteiger partial charge in [-0.05, 0) is 44.7 Å². The first-order valence-electron chi connectivity index (χ1n) is 10.1. The molecule has 0 aliphatic heterocycles. The van der Waals surface area contributed by atoms with Gasteiger partial charge in [-0.2, -0.15) is 0 Å². The normalized spacial score (nSPS) is 19.3. The summed E-state index contributed by atoms with van der Waals surface area (Å²) in [4.78, 5) is 41.8. The topological polar surface area (TPSA) is 93.1 Å². The van der Waals surface area contributed by atoms with Crippen LogP contribution in [0.3, 0.4) is 0 Å². The van der Waals surface area contributed by atoms with Gasteiger partial charge in [0.05, 0.1) is 16.7 Å². The molecule has 0 bridgehead atoms. The van der Waals surface area contributed by atoms with Crippen LogP contribution in [-0.2, 0) is 4.79 Å². The lowest BCUT2D eigenvalue weighted by molar-refractivity contribution is -0.117. The fourth-order valence-electron chi connectivity index (χ4n) is 3.71. The number of nitrogens with zero attached hydrogens (tertiary/aromatic N) is 2. The lowest BCUT2D eigenvalue weighted by Crippen LogP contribution is -2.48. The van der Waals surface area contributed by atoms with Crippen LogP contribution >= 0.6 is 11.8 Å². The third kappa shape index (κ3) is 5.18. The Morgan fingerprint density at radius 1 is 1.24 bits per heavy atom. The van der Waals surface area contributed by atoms with Gasteiger partial charge in [-0.1, -0.05) is 43.7 Å². The monoisotopic (exact) mass is 416 g/mol. The molecule has 156 valence electrons. The van der Waals surface area contributed by atoms with Crippen molar-refractivity contribution in [2.45, 2.75) is 63.7 Å². The summed E-state index contributed by atoms with van der Waals surface area (Å²) < 4.78 is 1.59. The van der Waals surface area contributed by atoms with Crippen LogP contribution in [0.5, 0.6) is 0 Å². The Bertz CT molecular complexity index is 957. The average molecular weight is 417 g/mol. The van der Waals surface area contributed by atoms with E-state index in [9.17, 15) is 14.4 Å². The fourth-order valence-corrected chi connectivity index (χ4v) is 4.64. The van der Waals surface area contributed by atoms with Gasteiger partial charge < -0.3 is 5.32 Å². The van der Waals surface area contributed by atoms with E-state index in [-0.39, 0.29) is 23.4 Å². The van der Waals surface area contributed by atoms with Gasteiger partial charge in [0.1, 0.15) is 0 Å². The molecule has 1 aromatic heterocycles. The fraction of sp³-hybridized carbons (Fsp3) is 0.524. The summed E-state index contributed by atoms with van der Waals surface area (Å²) in [5, 5.41) is 6.33. The quantitative estimate of drug-likeness (QED) is 0.575. The van der Waals surface area contributed by atoms with Crippen molar-refractivity contribution in [1.82, 2.24) is 20.2 Å². The first kappa shape index (κ1) is 21.4. The zero-order valence-electron chi connectivity index (χ0n) is 17.1. The molecule has 0 saturated heterocycles. The van der Waals surface area contributed by atoms with Crippen molar-refractivity contribution in [3.05, 3.63) is 34.6 Å². The summed E-state index contributed by atoms with van der Waals surface area (Å²) in [6.07, 6.45) is 4.32. The van der Waals surface area contributed by atoms with Crippen LogP contribution in [0.4, 0.5) is 4.79 Å². The van der Waals surface area contributed by atoms with Gasteiger partial charge in [-0.15, -0.1) is 0 Å². The number of carbonyl (C=O) groups is 2. The van der Waals surface area contributed by atoms with Gasteiger partial charge in [0.2, 0.25) is 5.91 Å². The van der Waals surface area contributed by atoms with Gasteiger partial charge >= 0.3 is 6.03 Å². The number of fused-ring (bicyclic) bond motifs is 1. The van der Waals surface area contributed by atoms with Crippen LogP contribution < -0.4 is 16.2 Å². The standard InChI is InChI=1S/C21H28N4O3S/c1-13(2)25-19(27)15-9-5-7-11-17(15)23-21(25)29-12-18(26)24-20(28)22-16-10-6-4-8-14(16)3/h5,7,9,11,13-14,16H,4,6,8,10,12H2,1-3H3,(H2,22,24,26,28)/t14-,16-/m1/s1. The van der Waals surface area contributed by atoms with E-state index in [1.54, 1.807) is 16.7 Å². The summed E-state index contributed by atoms with van der Waals surface area (Å²) in [6.45, 7) is 5.93. The lowest BCUT2D eigenvalue weighted by atomic mass is 9.86. The number of para-hydroxylation sites is 1. The van der Waals surface area contributed by atoms with E-state index in [1.807, 2.05) is 26.0 Å². The summed E-state index contributed by atoms with van der Waals surface area (Å²) in [7, 11) is 0. The highest BCUT2D eigenvalue weighted by molar-refractivity contribution is 7.99. The van der Waals surface area contributed by atoms with Gasteiger partial charge in [-0.25, -0.2) is 9.78 Å². The van der Waals surface area contributed by atoms with Crippen LogP contribution in [0.2, 0.25) is 0 Å². The largest absolute Gasteiger partial charge is 0.335 e. The molecule has 8 heteroatoms. The molecule has 1 saturated carbocycles. The Morgan fingerprint density at radius 3 is 2.69 bits per heavy atom. The van der Waals surface area contributed by atoms with E-state index >= 15 is 0 Å². The Labute approximate surface area is 174 Å². The number of hydrogen-bond donors (Lipinski definition) is 2. The van der Waals surface area contributed by atoms with Crippen LogP contribution in [-0.4, -0.2) is 33.3 Å². The molecule has 0 unspecified atom stereocenters. The van der Waals surface area contributed by atoms with Gasteiger partial charge in [0.25, 0.3) is 5.56 Å². The maximum absolute atomic E-state index is 12.8. The highest BCUT2D eigenvalue weighted by Crippen LogP contribution is 2.24. The predicted octanol–water partition coefficient (Wildman–Crippen LogP) is 3.47. The van der Waals surface area contributed by atoms with E-state index < -0.39 is 11.9 Å². The Balaban J connectivity index is 1.65. The number of urea groups is 1.